The van der Waals surface area contributed by atoms with Crippen molar-refractivity contribution in [3.05, 3.63) is 0 Å². The van der Waals surface area contributed by atoms with E-state index in [2.05, 4.69) is 33.0 Å². The first-order valence-corrected chi connectivity index (χ1v) is 4.52. The minimum Gasteiger partial charge on any atom is -0.327 e. The van der Waals surface area contributed by atoms with Gasteiger partial charge in [0.05, 0.1) is 0 Å². The zero-order valence-corrected chi connectivity index (χ0v) is 8.28. The maximum Gasteiger partial charge on any atom is 0.0162 e. The summed E-state index contributed by atoms with van der Waals surface area (Å²) in [6.07, 6.45) is 2.19. The lowest BCUT2D eigenvalue weighted by atomic mass is 10.0. The highest BCUT2D eigenvalue weighted by atomic mass is 15.0. The molecular formula is C9H22N2. The number of nitrogens with two attached hydrogens (primary N) is 1. The van der Waals surface area contributed by atoms with Crippen LogP contribution in [0.3, 0.4) is 0 Å². The minimum absolute atomic E-state index is 0.243. The van der Waals surface area contributed by atoms with Gasteiger partial charge < -0.3 is 11.1 Å². The first-order valence-electron chi connectivity index (χ1n) is 4.52. The molecular weight excluding hydrogens is 136 g/mol. The topological polar surface area (TPSA) is 38.0 Å². The minimum atomic E-state index is 0.243. The van der Waals surface area contributed by atoms with Crippen molar-refractivity contribution in [3.8, 4) is 0 Å². The second kappa shape index (κ2) is 4.73. The van der Waals surface area contributed by atoms with Gasteiger partial charge in [-0.25, -0.2) is 0 Å². The fraction of sp³-hybridized carbons (Fsp3) is 1.00. The smallest absolute Gasteiger partial charge is 0.0162 e. The summed E-state index contributed by atoms with van der Waals surface area (Å²) in [5.41, 5.74) is 6.02. The molecule has 3 N–H and O–H groups in total. The Morgan fingerprint density at radius 3 is 2.27 bits per heavy atom. The van der Waals surface area contributed by atoms with Crippen molar-refractivity contribution in [2.75, 3.05) is 6.54 Å². The van der Waals surface area contributed by atoms with Crippen LogP contribution in [0, 0.1) is 0 Å². The van der Waals surface area contributed by atoms with E-state index in [-0.39, 0.29) is 5.54 Å². The van der Waals surface area contributed by atoms with Crippen molar-refractivity contribution in [2.24, 2.45) is 5.73 Å². The standard InChI is InChI=1S/C9H22N2/c1-5-8(10)7-11-9(3,4)6-2/h8,11H,5-7,10H2,1-4H3. The van der Waals surface area contributed by atoms with E-state index < -0.39 is 0 Å². The normalized spacial score (nSPS) is 15.0. The van der Waals surface area contributed by atoms with Crippen LogP contribution in [0.25, 0.3) is 0 Å². The second-order valence-electron chi connectivity index (χ2n) is 3.79. The Balaban J connectivity index is 3.52. The molecule has 0 aromatic rings. The summed E-state index contributed by atoms with van der Waals surface area (Å²) in [4.78, 5) is 0. The lowest BCUT2D eigenvalue weighted by Gasteiger charge is -2.26. The van der Waals surface area contributed by atoms with Crippen LogP contribution in [-0.4, -0.2) is 18.1 Å². The van der Waals surface area contributed by atoms with E-state index in [9.17, 15) is 0 Å². The summed E-state index contributed by atoms with van der Waals surface area (Å²) in [6, 6.07) is 0.306. The summed E-state index contributed by atoms with van der Waals surface area (Å²) in [5, 5.41) is 3.43. The third kappa shape index (κ3) is 5.22. The van der Waals surface area contributed by atoms with E-state index in [0.29, 0.717) is 6.04 Å². The van der Waals surface area contributed by atoms with Crippen LogP contribution in [-0.2, 0) is 0 Å². The quantitative estimate of drug-likeness (QED) is 0.636. The molecule has 2 nitrogen and oxygen atoms in total. The van der Waals surface area contributed by atoms with Gasteiger partial charge in [-0.2, -0.15) is 0 Å². The van der Waals surface area contributed by atoms with Gasteiger partial charge in [-0.1, -0.05) is 13.8 Å². The van der Waals surface area contributed by atoms with Gasteiger partial charge in [0.1, 0.15) is 0 Å². The third-order valence-corrected chi connectivity index (χ3v) is 2.25. The zero-order valence-electron chi connectivity index (χ0n) is 8.28. The van der Waals surface area contributed by atoms with Gasteiger partial charge in [0.25, 0.3) is 0 Å². The number of hydrogen-bond acceptors (Lipinski definition) is 2. The highest BCUT2D eigenvalue weighted by Gasteiger charge is 2.14. The molecule has 0 amide bonds. The molecule has 0 spiro atoms. The number of rotatable bonds is 5. The van der Waals surface area contributed by atoms with E-state index >= 15 is 0 Å². The molecule has 11 heavy (non-hydrogen) atoms. The average Bonchev–Trinajstić information content (AvgIpc) is 2.00. The van der Waals surface area contributed by atoms with Crippen LogP contribution in [0.4, 0.5) is 0 Å². The van der Waals surface area contributed by atoms with Crippen molar-refractivity contribution in [1.29, 1.82) is 0 Å². The highest BCUT2D eigenvalue weighted by Crippen LogP contribution is 2.06. The van der Waals surface area contributed by atoms with Gasteiger partial charge in [0.15, 0.2) is 0 Å². The summed E-state index contributed by atoms with van der Waals surface area (Å²) in [7, 11) is 0. The van der Waals surface area contributed by atoms with Crippen molar-refractivity contribution >= 4 is 0 Å². The Morgan fingerprint density at radius 1 is 1.36 bits per heavy atom. The predicted octanol–water partition coefficient (Wildman–Crippen LogP) is 1.50. The molecule has 0 heterocycles. The second-order valence-corrected chi connectivity index (χ2v) is 3.79. The first-order chi connectivity index (χ1) is 5.02. The Labute approximate surface area is 70.5 Å². The lowest BCUT2D eigenvalue weighted by molar-refractivity contribution is 0.360. The van der Waals surface area contributed by atoms with Gasteiger partial charge in [-0.05, 0) is 26.7 Å². The number of nitrogens with one attached hydrogen (secondary N) is 1. The van der Waals surface area contributed by atoms with E-state index in [4.69, 9.17) is 5.73 Å². The fourth-order valence-electron chi connectivity index (χ4n) is 0.677. The van der Waals surface area contributed by atoms with Crippen LogP contribution < -0.4 is 11.1 Å². The van der Waals surface area contributed by atoms with Gasteiger partial charge >= 0.3 is 0 Å². The predicted molar refractivity (Wildman–Crippen MR) is 50.6 cm³/mol. The zero-order chi connectivity index (χ0) is 8.91. The highest BCUT2D eigenvalue weighted by molar-refractivity contribution is 4.77. The van der Waals surface area contributed by atoms with Crippen LogP contribution in [0.5, 0.6) is 0 Å². The third-order valence-electron chi connectivity index (χ3n) is 2.25. The molecule has 0 rings (SSSR count). The van der Waals surface area contributed by atoms with Gasteiger partial charge in [-0.3, -0.25) is 0 Å². The average molecular weight is 158 g/mol. The molecule has 0 aromatic heterocycles. The SMILES string of the molecule is CCC(N)CNC(C)(C)CC. The first kappa shape index (κ1) is 10.9. The number of hydrogen-bond donors (Lipinski definition) is 2. The van der Waals surface area contributed by atoms with E-state index in [1.807, 2.05) is 0 Å². The van der Waals surface area contributed by atoms with Crippen molar-refractivity contribution < 1.29 is 0 Å². The molecule has 68 valence electrons. The summed E-state index contributed by atoms with van der Waals surface area (Å²) in [6.45, 7) is 9.64. The maximum atomic E-state index is 5.77. The van der Waals surface area contributed by atoms with Crippen LogP contribution >= 0.6 is 0 Å². The van der Waals surface area contributed by atoms with Crippen LogP contribution in [0.1, 0.15) is 40.5 Å². The molecule has 0 saturated carbocycles. The van der Waals surface area contributed by atoms with Crippen molar-refractivity contribution in [1.82, 2.24) is 5.32 Å². The Hall–Kier alpha value is -0.0800. The van der Waals surface area contributed by atoms with Gasteiger partial charge in [-0.15, -0.1) is 0 Å². The van der Waals surface area contributed by atoms with Gasteiger partial charge in [0.2, 0.25) is 0 Å². The lowest BCUT2D eigenvalue weighted by Crippen LogP contribution is -2.45. The Bertz CT molecular complexity index is 99.7. The molecule has 0 aliphatic rings. The monoisotopic (exact) mass is 158 g/mol. The van der Waals surface area contributed by atoms with Crippen molar-refractivity contribution in [2.45, 2.75) is 52.1 Å². The summed E-state index contributed by atoms with van der Waals surface area (Å²) in [5.74, 6) is 0. The molecule has 1 atom stereocenters. The molecule has 1 unspecified atom stereocenters. The Morgan fingerprint density at radius 2 is 1.91 bits per heavy atom. The van der Waals surface area contributed by atoms with Crippen LogP contribution in [0.15, 0.2) is 0 Å². The van der Waals surface area contributed by atoms with Crippen LogP contribution in [0.2, 0.25) is 0 Å². The summed E-state index contributed by atoms with van der Waals surface area (Å²) >= 11 is 0. The van der Waals surface area contributed by atoms with E-state index in [0.717, 1.165) is 19.4 Å². The Kier molecular flexibility index (Phi) is 4.69. The molecule has 0 aliphatic carbocycles. The van der Waals surface area contributed by atoms with Gasteiger partial charge in [0, 0.05) is 18.1 Å². The van der Waals surface area contributed by atoms with E-state index in [1.54, 1.807) is 0 Å². The molecule has 0 bridgehead atoms. The fourth-order valence-corrected chi connectivity index (χ4v) is 0.677. The molecule has 0 fully saturated rings. The molecule has 0 aliphatic heterocycles. The molecule has 0 aromatic carbocycles. The molecule has 0 saturated heterocycles. The van der Waals surface area contributed by atoms with Crippen molar-refractivity contribution in [3.63, 3.8) is 0 Å². The maximum absolute atomic E-state index is 5.77. The summed E-state index contributed by atoms with van der Waals surface area (Å²) < 4.78 is 0. The molecule has 2 heteroatoms. The van der Waals surface area contributed by atoms with E-state index in [1.165, 1.54) is 0 Å². The molecule has 0 radical (unpaired) electrons. The largest absolute Gasteiger partial charge is 0.327 e.